The van der Waals surface area contributed by atoms with Crippen molar-refractivity contribution in [3.8, 4) is 5.75 Å². The predicted octanol–water partition coefficient (Wildman–Crippen LogP) is 2.91. The minimum atomic E-state index is 0.316. The van der Waals surface area contributed by atoms with Crippen LogP contribution >= 0.6 is 0 Å². The van der Waals surface area contributed by atoms with Gasteiger partial charge in [-0.05, 0) is 31.2 Å². The summed E-state index contributed by atoms with van der Waals surface area (Å²) in [4.78, 5) is 0. The summed E-state index contributed by atoms with van der Waals surface area (Å²) in [5.41, 5.74) is 1.30. The van der Waals surface area contributed by atoms with E-state index in [9.17, 15) is 0 Å². The fourth-order valence-corrected chi connectivity index (χ4v) is 2.25. The minimum absolute atomic E-state index is 0.316. The van der Waals surface area contributed by atoms with Gasteiger partial charge in [-0.15, -0.1) is 0 Å². The molecule has 1 atom stereocenters. The van der Waals surface area contributed by atoms with E-state index in [1.54, 1.807) is 0 Å². The molecule has 1 aromatic rings. The molecule has 0 aromatic heterocycles. The molecule has 1 N–H and O–H groups in total. The van der Waals surface area contributed by atoms with E-state index >= 15 is 0 Å². The summed E-state index contributed by atoms with van der Waals surface area (Å²) >= 11 is 0. The summed E-state index contributed by atoms with van der Waals surface area (Å²) < 4.78 is 11.3. The van der Waals surface area contributed by atoms with Crippen molar-refractivity contribution in [3.05, 3.63) is 29.8 Å². The largest absolute Gasteiger partial charge is 0.490 e. The third-order valence-electron chi connectivity index (χ3n) is 3.36. The molecular weight excluding hydrogens is 226 g/mol. The molecule has 1 unspecified atom stereocenters. The molecule has 1 aliphatic rings. The lowest BCUT2D eigenvalue weighted by Crippen LogP contribution is -2.25. The Balaban J connectivity index is 1.90. The van der Waals surface area contributed by atoms with Crippen LogP contribution in [-0.2, 0) is 4.74 Å². The highest BCUT2D eigenvalue weighted by Gasteiger charge is 2.15. The third-order valence-corrected chi connectivity index (χ3v) is 3.36. The number of hydrogen-bond donors (Lipinski definition) is 1. The molecular formula is C15H23NO2. The Bertz CT molecular complexity index is 344. The van der Waals surface area contributed by atoms with Crippen molar-refractivity contribution in [2.45, 2.75) is 38.8 Å². The van der Waals surface area contributed by atoms with E-state index in [2.05, 4.69) is 43.4 Å². The lowest BCUT2D eigenvalue weighted by Gasteiger charge is -2.23. The van der Waals surface area contributed by atoms with Crippen molar-refractivity contribution >= 4 is 0 Å². The molecule has 0 saturated carbocycles. The van der Waals surface area contributed by atoms with Gasteiger partial charge >= 0.3 is 0 Å². The van der Waals surface area contributed by atoms with Gasteiger partial charge in [-0.25, -0.2) is 0 Å². The Labute approximate surface area is 109 Å². The molecule has 1 heterocycles. The maximum Gasteiger partial charge on any atom is 0.119 e. The highest BCUT2D eigenvalue weighted by atomic mass is 16.5. The van der Waals surface area contributed by atoms with E-state index in [-0.39, 0.29) is 0 Å². The molecule has 0 bridgehead atoms. The van der Waals surface area contributed by atoms with Crippen LogP contribution in [0.2, 0.25) is 0 Å². The zero-order valence-corrected chi connectivity index (χ0v) is 11.3. The summed E-state index contributed by atoms with van der Waals surface area (Å²) in [6.07, 6.45) is 2.31. The third kappa shape index (κ3) is 3.72. The summed E-state index contributed by atoms with van der Waals surface area (Å²) in [6, 6.07) is 8.81. The van der Waals surface area contributed by atoms with Gasteiger partial charge < -0.3 is 14.8 Å². The Morgan fingerprint density at radius 3 is 2.56 bits per heavy atom. The van der Waals surface area contributed by atoms with Gasteiger partial charge in [0.2, 0.25) is 0 Å². The average Bonchev–Trinajstić information content (AvgIpc) is 2.41. The first-order valence-electron chi connectivity index (χ1n) is 6.87. The topological polar surface area (TPSA) is 30.5 Å². The van der Waals surface area contributed by atoms with Gasteiger partial charge in [-0.2, -0.15) is 0 Å². The van der Waals surface area contributed by atoms with Crippen molar-refractivity contribution in [1.82, 2.24) is 5.32 Å². The number of nitrogens with one attached hydrogen (secondary N) is 1. The first-order chi connectivity index (χ1) is 8.79. The van der Waals surface area contributed by atoms with Gasteiger partial charge in [0, 0.05) is 18.9 Å². The smallest absolute Gasteiger partial charge is 0.119 e. The lowest BCUT2D eigenvalue weighted by atomic mass is 10.1. The van der Waals surface area contributed by atoms with Crippen LogP contribution in [-0.4, -0.2) is 25.9 Å². The summed E-state index contributed by atoms with van der Waals surface area (Å²) in [5, 5.41) is 3.41. The zero-order valence-electron chi connectivity index (χ0n) is 11.3. The summed E-state index contributed by atoms with van der Waals surface area (Å²) in [7, 11) is 0. The van der Waals surface area contributed by atoms with E-state index in [4.69, 9.17) is 9.47 Å². The van der Waals surface area contributed by atoms with Gasteiger partial charge in [0.15, 0.2) is 0 Å². The fraction of sp³-hybridized carbons (Fsp3) is 0.600. The van der Waals surface area contributed by atoms with Crippen LogP contribution in [0.25, 0.3) is 0 Å². The van der Waals surface area contributed by atoms with Gasteiger partial charge in [0.1, 0.15) is 11.9 Å². The van der Waals surface area contributed by atoms with Gasteiger partial charge in [0.25, 0.3) is 0 Å². The normalized spacial score (nSPS) is 18.6. The highest BCUT2D eigenvalue weighted by Crippen LogP contribution is 2.21. The number of rotatable bonds is 5. The second-order valence-electron chi connectivity index (χ2n) is 4.78. The van der Waals surface area contributed by atoms with Crippen molar-refractivity contribution < 1.29 is 9.47 Å². The van der Waals surface area contributed by atoms with E-state index < -0.39 is 0 Å². The van der Waals surface area contributed by atoms with Crippen molar-refractivity contribution in [2.24, 2.45) is 0 Å². The molecule has 1 aromatic carbocycles. The quantitative estimate of drug-likeness (QED) is 0.870. The average molecular weight is 249 g/mol. The molecule has 0 amide bonds. The molecule has 1 aliphatic heterocycles. The number of ether oxygens (including phenoxy) is 2. The van der Waals surface area contributed by atoms with Crippen LogP contribution in [0.5, 0.6) is 5.75 Å². The molecule has 3 heteroatoms. The molecule has 1 saturated heterocycles. The Hall–Kier alpha value is -1.06. The maximum atomic E-state index is 5.95. The maximum absolute atomic E-state index is 5.95. The lowest BCUT2D eigenvalue weighted by molar-refractivity contribution is 0.0255. The number of hydrogen-bond acceptors (Lipinski definition) is 3. The summed E-state index contributed by atoms with van der Waals surface area (Å²) in [5.74, 6) is 0.967. The Morgan fingerprint density at radius 1 is 1.28 bits per heavy atom. The van der Waals surface area contributed by atoms with Crippen molar-refractivity contribution in [2.75, 3.05) is 19.8 Å². The molecule has 18 heavy (non-hydrogen) atoms. The van der Waals surface area contributed by atoms with Crippen LogP contribution in [0.1, 0.15) is 38.3 Å². The molecule has 0 spiro atoms. The second kappa shape index (κ2) is 6.76. The van der Waals surface area contributed by atoms with Crippen LogP contribution in [0.15, 0.2) is 24.3 Å². The molecule has 0 aliphatic carbocycles. The van der Waals surface area contributed by atoms with Crippen molar-refractivity contribution in [3.63, 3.8) is 0 Å². The molecule has 2 rings (SSSR count). The SMILES string of the molecule is CCNC(C)c1ccc(OC2CCOCC2)cc1. The minimum Gasteiger partial charge on any atom is -0.490 e. The monoisotopic (exact) mass is 249 g/mol. The van der Waals surface area contributed by atoms with Crippen LogP contribution in [0.3, 0.4) is 0 Å². The fourth-order valence-electron chi connectivity index (χ4n) is 2.25. The van der Waals surface area contributed by atoms with E-state index in [1.165, 1.54) is 5.56 Å². The van der Waals surface area contributed by atoms with Gasteiger partial charge in [-0.3, -0.25) is 0 Å². The van der Waals surface area contributed by atoms with Crippen LogP contribution in [0, 0.1) is 0 Å². The summed E-state index contributed by atoms with van der Waals surface area (Å²) in [6.45, 7) is 6.93. The standard InChI is InChI=1S/C15H23NO2/c1-3-16-12(2)13-4-6-14(7-5-13)18-15-8-10-17-11-9-15/h4-7,12,15-16H,3,8-11H2,1-2H3. The Kier molecular flexibility index (Phi) is 5.02. The Morgan fingerprint density at radius 2 is 1.94 bits per heavy atom. The second-order valence-corrected chi connectivity index (χ2v) is 4.78. The van der Waals surface area contributed by atoms with E-state index in [1.807, 2.05) is 0 Å². The van der Waals surface area contributed by atoms with Crippen LogP contribution in [0.4, 0.5) is 0 Å². The molecule has 100 valence electrons. The molecule has 0 radical (unpaired) electrons. The van der Waals surface area contributed by atoms with E-state index in [0.29, 0.717) is 12.1 Å². The first kappa shape index (κ1) is 13.4. The highest BCUT2D eigenvalue weighted by molar-refractivity contribution is 5.29. The van der Waals surface area contributed by atoms with Gasteiger partial charge in [-0.1, -0.05) is 19.1 Å². The first-order valence-corrected chi connectivity index (χ1v) is 6.87. The van der Waals surface area contributed by atoms with E-state index in [0.717, 1.165) is 38.3 Å². The number of benzene rings is 1. The molecule has 3 nitrogen and oxygen atoms in total. The van der Waals surface area contributed by atoms with Crippen molar-refractivity contribution in [1.29, 1.82) is 0 Å². The van der Waals surface area contributed by atoms with Gasteiger partial charge in [0.05, 0.1) is 13.2 Å². The zero-order chi connectivity index (χ0) is 12.8. The predicted molar refractivity (Wildman–Crippen MR) is 73.0 cm³/mol. The van der Waals surface area contributed by atoms with Crippen LogP contribution < -0.4 is 10.1 Å². The molecule has 1 fully saturated rings.